The molecule has 0 atom stereocenters. The summed E-state index contributed by atoms with van der Waals surface area (Å²) in [4.78, 5) is 12.2. The van der Waals surface area contributed by atoms with Crippen molar-refractivity contribution in [3.63, 3.8) is 0 Å². The van der Waals surface area contributed by atoms with Crippen LogP contribution in [0.15, 0.2) is 30.5 Å². The zero-order chi connectivity index (χ0) is 20.3. The van der Waals surface area contributed by atoms with Crippen LogP contribution in [0.1, 0.15) is 0 Å². The second kappa shape index (κ2) is 9.02. The number of aryl methyl sites for hydroxylation is 1. The number of rotatable bonds is 6. The van der Waals surface area contributed by atoms with Crippen LogP contribution in [0.3, 0.4) is 0 Å². The molecule has 7 nitrogen and oxygen atoms in total. The maximum Gasteiger partial charge on any atom is 0.417 e. The molecular formula is C17H15Cl3N4O3S. The first kappa shape index (κ1) is 20.8. The Morgan fingerprint density at radius 1 is 1.29 bits per heavy atom. The molecule has 0 aliphatic rings. The molecule has 2 aromatic heterocycles. The summed E-state index contributed by atoms with van der Waals surface area (Å²) in [6.07, 6.45) is 0.814. The third kappa shape index (κ3) is 4.71. The van der Waals surface area contributed by atoms with Crippen molar-refractivity contribution < 1.29 is 14.3 Å². The van der Waals surface area contributed by atoms with Gasteiger partial charge in [-0.2, -0.15) is 5.10 Å². The van der Waals surface area contributed by atoms with Gasteiger partial charge >= 0.3 is 6.09 Å². The Bertz CT molecular complexity index is 986. The van der Waals surface area contributed by atoms with E-state index < -0.39 is 6.09 Å². The minimum atomic E-state index is -0.714. The maximum absolute atomic E-state index is 12.2. The number of benzene rings is 1. The van der Waals surface area contributed by atoms with Crippen molar-refractivity contribution in [2.75, 3.05) is 18.5 Å². The smallest absolute Gasteiger partial charge is 0.417 e. The molecule has 0 aliphatic carbocycles. The second-order valence-electron chi connectivity index (χ2n) is 5.52. The number of ether oxygens (including phenoxy) is 2. The lowest BCUT2D eigenvalue weighted by atomic mass is 10.1. The lowest BCUT2D eigenvalue weighted by Crippen LogP contribution is -2.17. The first-order chi connectivity index (χ1) is 13.4. The molecule has 1 aromatic carbocycles. The molecule has 0 radical (unpaired) electrons. The van der Waals surface area contributed by atoms with E-state index in [1.807, 2.05) is 0 Å². The van der Waals surface area contributed by atoms with E-state index in [4.69, 9.17) is 50.0 Å². The number of carbonyl (C=O) groups excluding carboxylic acids is 1. The standard InChI is InChI=1S/C17H15Cl3N4O3S/c1-24-15(11(18)8-22-24)10-6-9(2-3-12(10)26-5-4-21)23-17(25)27-13-7-14(19)28-16(13)20/h2-3,6-8H,4-5,21H2,1H3,(H,23,25). The third-order valence-corrected chi connectivity index (χ3v) is 5.31. The summed E-state index contributed by atoms with van der Waals surface area (Å²) in [5, 5.41) is 7.22. The summed E-state index contributed by atoms with van der Waals surface area (Å²) in [5.41, 5.74) is 7.28. The minimum absolute atomic E-state index is 0.187. The topological polar surface area (TPSA) is 91.4 Å². The van der Waals surface area contributed by atoms with Crippen molar-refractivity contribution >= 4 is 57.9 Å². The lowest BCUT2D eigenvalue weighted by Gasteiger charge is -2.14. The van der Waals surface area contributed by atoms with Gasteiger partial charge < -0.3 is 15.2 Å². The molecule has 0 fully saturated rings. The van der Waals surface area contributed by atoms with Crippen molar-refractivity contribution in [1.82, 2.24) is 9.78 Å². The van der Waals surface area contributed by atoms with Gasteiger partial charge in [-0.05, 0) is 18.2 Å². The van der Waals surface area contributed by atoms with E-state index in [2.05, 4.69) is 10.4 Å². The van der Waals surface area contributed by atoms with Gasteiger partial charge in [0.05, 0.1) is 21.2 Å². The molecule has 0 saturated carbocycles. The van der Waals surface area contributed by atoms with E-state index in [-0.39, 0.29) is 10.1 Å². The van der Waals surface area contributed by atoms with E-state index in [0.29, 0.717) is 45.2 Å². The molecule has 148 valence electrons. The fourth-order valence-electron chi connectivity index (χ4n) is 2.44. The minimum Gasteiger partial charge on any atom is -0.492 e. The predicted molar refractivity (Wildman–Crippen MR) is 112 cm³/mol. The number of hydrogen-bond acceptors (Lipinski definition) is 6. The molecule has 0 spiro atoms. The molecule has 3 aromatic rings. The number of nitrogens with zero attached hydrogens (tertiary/aromatic N) is 2. The highest BCUT2D eigenvalue weighted by Gasteiger charge is 2.17. The normalized spacial score (nSPS) is 10.8. The van der Waals surface area contributed by atoms with Gasteiger partial charge in [-0.15, -0.1) is 11.3 Å². The van der Waals surface area contributed by atoms with Crippen LogP contribution >= 0.6 is 46.1 Å². The van der Waals surface area contributed by atoms with Crippen LogP contribution in [-0.2, 0) is 7.05 Å². The van der Waals surface area contributed by atoms with Crippen LogP contribution in [0.5, 0.6) is 11.5 Å². The van der Waals surface area contributed by atoms with E-state index in [0.717, 1.165) is 11.3 Å². The molecule has 0 unspecified atom stereocenters. The highest BCUT2D eigenvalue weighted by molar-refractivity contribution is 7.20. The molecule has 1 amide bonds. The molecule has 2 heterocycles. The lowest BCUT2D eigenvalue weighted by molar-refractivity contribution is 0.215. The van der Waals surface area contributed by atoms with Gasteiger partial charge in [0.15, 0.2) is 5.75 Å². The van der Waals surface area contributed by atoms with Gasteiger partial charge in [0.2, 0.25) is 0 Å². The average molecular weight is 462 g/mol. The number of aromatic nitrogens is 2. The zero-order valence-corrected chi connectivity index (χ0v) is 17.6. The summed E-state index contributed by atoms with van der Waals surface area (Å²) in [7, 11) is 1.75. The SMILES string of the molecule is Cn1ncc(Cl)c1-c1cc(NC(=O)Oc2cc(Cl)sc2Cl)ccc1OCCN. The number of anilines is 1. The van der Waals surface area contributed by atoms with E-state index in [1.54, 1.807) is 29.9 Å². The van der Waals surface area contributed by atoms with E-state index >= 15 is 0 Å². The summed E-state index contributed by atoms with van der Waals surface area (Å²) in [6.45, 7) is 0.684. The molecule has 11 heteroatoms. The fraction of sp³-hybridized carbons (Fsp3) is 0.176. The maximum atomic E-state index is 12.2. The molecule has 0 bridgehead atoms. The number of hydrogen-bond donors (Lipinski definition) is 2. The predicted octanol–water partition coefficient (Wildman–Crippen LogP) is 5.06. The van der Waals surface area contributed by atoms with Crippen molar-refractivity contribution in [2.24, 2.45) is 12.8 Å². The molecule has 28 heavy (non-hydrogen) atoms. The van der Waals surface area contributed by atoms with Gasteiger partial charge in [-0.1, -0.05) is 34.8 Å². The molecule has 0 aliphatic heterocycles. The largest absolute Gasteiger partial charge is 0.492 e. The Labute approximate surface area is 179 Å². The fourth-order valence-corrected chi connectivity index (χ4v) is 4.04. The first-order valence-electron chi connectivity index (χ1n) is 7.97. The highest BCUT2D eigenvalue weighted by Crippen LogP contribution is 2.38. The van der Waals surface area contributed by atoms with Crippen molar-refractivity contribution in [2.45, 2.75) is 0 Å². The van der Waals surface area contributed by atoms with Crippen molar-refractivity contribution in [1.29, 1.82) is 0 Å². The summed E-state index contributed by atoms with van der Waals surface area (Å²) < 4.78 is 13.2. The zero-order valence-electron chi connectivity index (χ0n) is 14.5. The monoisotopic (exact) mass is 460 g/mol. The number of amides is 1. The van der Waals surface area contributed by atoms with E-state index in [9.17, 15) is 4.79 Å². The van der Waals surface area contributed by atoms with Crippen LogP contribution in [-0.4, -0.2) is 29.0 Å². The molecular weight excluding hydrogens is 447 g/mol. The van der Waals surface area contributed by atoms with Crippen LogP contribution in [0.2, 0.25) is 13.7 Å². The quantitative estimate of drug-likeness (QED) is 0.535. The van der Waals surface area contributed by atoms with Gasteiger partial charge in [-0.3, -0.25) is 10.00 Å². The third-order valence-electron chi connectivity index (χ3n) is 3.58. The Kier molecular flexibility index (Phi) is 6.69. The summed E-state index contributed by atoms with van der Waals surface area (Å²) in [5.74, 6) is 0.745. The number of halogens is 3. The first-order valence-corrected chi connectivity index (χ1v) is 9.92. The van der Waals surface area contributed by atoms with E-state index in [1.165, 1.54) is 12.3 Å². The van der Waals surface area contributed by atoms with Gasteiger partial charge in [0.1, 0.15) is 16.7 Å². The Morgan fingerprint density at radius 2 is 2.07 bits per heavy atom. The second-order valence-corrected chi connectivity index (χ2v) is 8.21. The van der Waals surface area contributed by atoms with Crippen molar-refractivity contribution in [3.05, 3.63) is 44.2 Å². The van der Waals surface area contributed by atoms with Crippen LogP contribution in [0.25, 0.3) is 11.3 Å². The Morgan fingerprint density at radius 3 is 2.68 bits per heavy atom. The summed E-state index contributed by atoms with van der Waals surface area (Å²) in [6, 6.07) is 6.55. The molecule has 0 saturated heterocycles. The number of nitrogens with two attached hydrogens (primary N) is 1. The Balaban J connectivity index is 1.87. The van der Waals surface area contributed by atoms with Gasteiger partial charge in [-0.25, -0.2) is 4.79 Å². The molecule has 3 N–H and O–H groups in total. The van der Waals surface area contributed by atoms with Gasteiger partial charge in [0, 0.05) is 30.9 Å². The van der Waals surface area contributed by atoms with Crippen LogP contribution < -0.4 is 20.5 Å². The average Bonchev–Trinajstić information content (AvgIpc) is 3.14. The van der Waals surface area contributed by atoms with Crippen LogP contribution in [0, 0.1) is 0 Å². The summed E-state index contributed by atoms with van der Waals surface area (Å²) >= 11 is 19.2. The molecule has 3 rings (SSSR count). The number of thiophene rings is 1. The number of nitrogens with one attached hydrogen (secondary N) is 1. The Hall–Kier alpha value is -1.97. The van der Waals surface area contributed by atoms with Gasteiger partial charge in [0.25, 0.3) is 0 Å². The number of carbonyl (C=O) groups is 1. The van der Waals surface area contributed by atoms with Crippen LogP contribution in [0.4, 0.5) is 10.5 Å². The highest BCUT2D eigenvalue weighted by atomic mass is 35.5. The van der Waals surface area contributed by atoms with Crippen molar-refractivity contribution in [3.8, 4) is 22.8 Å².